The predicted molar refractivity (Wildman–Crippen MR) is 89.3 cm³/mol. The van der Waals surface area contributed by atoms with Gasteiger partial charge in [-0.3, -0.25) is 4.79 Å². The fraction of sp³-hybridized carbons (Fsp3) is 0.316. The molecule has 0 saturated heterocycles. The second-order valence-corrected chi connectivity index (χ2v) is 6.04. The van der Waals surface area contributed by atoms with E-state index in [-0.39, 0.29) is 17.4 Å². The minimum atomic E-state index is -2.98. The van der Waals surface area contributed by atoms with Crippen LogP contribution < -0.4 is 14.8 Å². The van der Waals surface area contributed by atoms with Gasteiger partial charge >= 0.3 is 6.61 Å². The van der Waals surface area contributed by atoms with Crippen molar-refractivity contribution >= 4 is 5.91 Å². The molecule has 1 heterocycles. The van der Waals surface area contributed by atoms with Gasteiger partial charge in [0.1, 0.15) is 11.5 Å². The average Bonchev–Trinajstić information content (AvgIpc) is 2.55. The Morgan fingerprint density at radius 1 is 1.28 bits per heavy atom. The number of carbonyl (C=O) groups is 1. The third-order valence-corrected chi connectivity index (χ3v) is 4.13. The van der Waals surface area contributed by atoms with Crippen LogP contribution in [0, 0.1) is 13.8 Å². The van der Waals surface area contributed by atoms with Crippen molar-refractivity contribution in [2.45, 2.75) is 32.9 Å². The van der Waals surface area contributed by atoms with Crippen LogP contribution in [0.3, 0.4) is 0 Å². The number of hydrogen-bond acceptors (Lipinski definition) is 3. The van der Waals surface area contributed by atoms with Crippen LogP contribution in [0.4, 0.5) is 8.78 Å². The highest BCUT2D eigenvalue weighted by Crippen LogP contribution is 2.36. The number of hydrogen-bond donors (Lipinski definition) is 1. The first-order valence-corrected chi connectivity index (χ1v) is 8.04. The molecule has 1 N–H and O–H groups in total. The van der Waals surface area contributed by atoms with Crippen LogP contribution in [-0.4, -0.2) is 19.1 Å². The summed E-state index contributed by atoms with van der Waals surface area (Å²) in [5.41, 5.74) is 3.07. The van der Waals surface area contributed by atoms with E-state index in [1.54, 1.807) is 12.1 Å². The molecule has 1 aliphatic heterocycles. The summed E-state index contributed by atoms with van der Waals surface area (Å²) in [4.78, 5) is 12.6. The van der Waals surface area contributed by atoms with E-state index in [9.17, 15) is 13.6 Å². The molecule has 3 rings (SSSR count). The Bertz CT molecular complexity index is 792. The highest BCUT2D eigenvalue weighted by Gasteiger charge is 2.26. The molecule has 0 saturated carbocycles. The highest BCUT2D eigenvalue weighted by molar-refractivity contribution is 5.97. The minimum Gasteiger partial charge on any atom is -0.493 e. The Morgan fingerprint density at radius 2 is 2.04 bits per heavy atom. The number of fused-ring (bicyclic) bond motifs is 1. The number of benzene rings is 2. The molecule has 1 atom stereocenters. The molecule has 25 heavy (non-hydrogen) atoms. The van der Waals surface area contributed by atoms with Crippen molar-refractivity contribution in [3.8, 4) is 11.5 Å². The summed E-state index contributed by atoms with van der Waals surface area (Å²) in [7, 11) is 0. The van der Waals surface area contributed by atoms with Crippen molar-refractivity contribution in [3.63, 3.8) is 0 Å². The maximum Gasteiger partial charge on any atom is 0.387 e. The van der Waals surface area contributed by atoms with E-state index in [1.807, 2.05) is 26.0 Å². The SMILES string of the molecule is Cc1cc(C)c2c(c1)C(NC(=O)c1ccccc1OC(F)F)CCO2. The summed E-state index contributed by atoms with van der Waals surface area (Å²) in [5, 5.41) is 2.92. The second kappa shape index (κ2) is 7.09. The zero-order chi connectivity index (χ0) is 18.0. The van der Waals surface area contributed by atoms with Crippen LogP contribution in [0.2, 0.25) is 0 Å². The summed E-state index contributed by atoms with van der Waals surface area (Å²) in [6.07, 6.45) is 0.611. The Kier molecular flexibility index (Phi) is 4.88. The van der Waals surface area contributed by atoms with E-state index >= 15 is 0 Å². The van der Waals surface area contributed by atoms with Gasteiger partial charge in [0, 0.05) is 12.0 Å². The van der Waals surface area contributed by atoms with Crippen molar-refractivity contribution in [1.82, 2.24) is 5.32 Å². The van der Waals surface area contributed by atoms with Crippen molar-refractivity contribution in [3.05, 3.63) is 58.7 Å². The fourth-order valence-corrected chi connectivity index (χ4v) is 3.12. The molecule has 1 unspecified atom stereocenters. The molecule has 0 radical (unpaired) electrons. The summed E-state index contributed by atoms with van der Waals surface area (Å²) in [5.74, 6) is 0.190. The van der Waals surface area contributed by atoms with Gasteiger partial charge in [0.25, 0.3) is 5.91 Å². The molecule has 0 fully saturated rings. The normalized spacial score (nSPS) is 16.1. The first-order chi connectivity index (χ1) is 12.0. The van der Waals surface area contributed by atoms with E-state index in [1.165, 1.54) is 12.1 Å². The van der Waals surface area contributed by atoms with E-state index in [4.69, 9.17) is 4.74 Å². The fourth-order valence-electron chi connectivity index (χ4n) is 3.12. The van der Waals surface area contributed by atoms with Gasteiger partial charge in [0.05, 0.1) is 18.2 Å². The van der Waals surface area contributed by atoms with Gasteiger partial charge in [-0.1, -0.05) is 29.8 Å². The van der Waals surface area contributed by atoms with Crippen LogP contribution in [0.5, 0.6) is 11.5 Å². The standard InChI is InChI=1S/C19H19F2NO3/c1-11-9-12(2)17-14(10-11)15(7-8-24-17)22-18(23)13-5-3-4-6-16(13)25-19(20)21/h3-6,9-10,15,19H,7-8H2,1-2H3,(H,22,23). The van der Waals surface area contributed by atoms with Gasteiger partial charge in [-0.2, -0.15) is 8.78 Å². The molecule has 2 aromatic rings. The zero-order valence-corrected chi connectivity index (χ0v) is 14.0. The lowest BCUT2D eigenvalue weighted by molar-refractivity contribution is -0.0501. The number of halogens is 2. The van der Waals surface area contributed by atoms with Gasteiger partial charge in [-0.05, 0) is 31.5 Å². The zero-order valence-electron chi connectivity index (χ0n) is 14.0. The number of aryl methyl sites for hydroxylation is 2. The minimum absolute atomic E-state index is 0.0835. The summed E-state index contributed by atoms with van der Waals surface area (Å²) in [6, 6.07) is 9.74. The van der Waals surface area contributed by atoms with Crippen molar-refractivity contribution in [2.24, 2.45) is 0 Å². The number of carbonyl (C=O) groups excluding carboxylic acids is 1. The van der Waals surface area contributed by atoms with Crippen LogP contribution in [-0.2, 0) is 0 Å². The van der Waals surface area contributed by atoms with E-state index in [0.717, 1.165) is 22.4 Å². The largest absolute Gasteiger partial charge is 0.493 e. The lowest BCUT2D eigenvalue weighted by Gasteiger charge is -2.28. The molecular weight excluding hydrogens is 328 g/mol. The highest BCUT2D eigenvalue weighted by atomic mass is 19.3. The predicted octanol–water partition coefficient (Wildman–Crippen LogP) is 4.16. The number of nitrogens with one attached hydrogen (secondary N) is 1. The smallest absolute Gasteiger partial charge is 0.387 e. The van der Waals surface area contributed by atoms with Gasteiger partial charge < -0.3 is 14.8 Å². The van der Waals surface area contributed by atoms with Crippen LogP contribution in [0.1, 0.15) is 39.5 Å². The van der Waals surface area contributed by atoms with Gasteiger partial charge in [-0.15, -0.1) is 0 Å². The third kappa shape index (κ3) is 3.73. The molecule has 4 nitrogen and oxygen atoms in total. The van der Waals surface area contributed by atoms with Gasteiger partial charge in [0.15, 0.2) is 0 Å². The number of amides is 1. The lowest BCUT2D eigenvalue weighted by Crippen LogP contribution is -2.32. The molecule has 6 heteroatoms. The molecule has 132 valence electrons. The quantitative estimate of drug-likeness (QED) is 0.903. The van der Waals surface area contributed by atoms with Crippen molar-refractivity contribution in [2.75, 3.05) is 6.61 Å². The molecule has 0 bridgehead atoms. The number of para-hydroxylation sites is 1. The third-order valence-electron chi connectivity index (χ3n) is 4.13. The Morgan fingerprint density at radius 3 is 2.80 bits per heavy atom. The Labute approximate surface area is 144 Å². The number of rotatable bonds is 4. The van der Waals surface area contributed by atoms with Gasteiger partial charge in [-0.25, -0.2) is 0 Å². The molecule has 2 aromatic carbocycles. The van der Waals surface area contributed by atoms with Crippen LogP contribution in [0.25, 0.3) is 0 Å². The summed E-state index contributed by atoms with van der Waals surface area (Å²) in [6.45, 7) is 1.44. The van der Waals surface area contributed by atoms with Gasteiger partial charge in [0.2, 0.25) is 0 Å². The van der Waals surface area contributed by atoms with Crippen molar-refractivity contribution < 1.29 is 23.0 Å². The monoisotopic (exact) mass is 347 g/mol. The number of ether oxygens (including phenoxy) is 2. The molecule has 0 aromatic heterocycles. The topological polar surface area (TPSA) is 47.6 Å². The van der Waals surface area contributed by atoms with E-state index < -0.39 is 12.5 Å². The Hall–Kier alpha value is -2.63. The lowest BCUT2D eigenvalue weighted by atomic mass is 9.95. The first kappa shape index (κ1) is 17.2. The van der Waals surface area contributed by atoms with Crippen molar-refractivity contribution in [1.29, 1.82) is 0 Å². The number of alkyl halides is 2. The maximum atomic E-state index is 12.6. The second-order valence-electron chi connectivity index (χ2n) is 6.04. The molecule has 1 amide bonds. The summed E-state index contributed by atoms with van der Waals surface area (Å²) >= 11 is 0. The average molecular weight is 347 g/mol. The first-order valence-electron chi connectivity index (χ1n) is 8.04. The molecule has 0 aliphatic carbocycles. The summed E-state index contributed by atoms with van der Waals surface area (Å²) < 4.78 is 35.2. The van der Waals surface area contributed by atoms with Crippen LogP contribution >= 0.6 is 0 Å². The molecular formula is C19H19F2NO3. The Balaban J connectivity index is 1.86. The van der Waals surface area contributed by atoms with E-state index in [0.29, 0.717) is 13.0 Å². The molecule has 1 aliphatic rings. The molecule has 0 spiro atoms. The van der Waals surface area contributed by atoms with E-state index in [2.05, 4.69) is 10.1 Å². The van der Waals surface area contributed by atoms with Crippen LogP contribution in [0.15, 0.2) is 36.4 Å². The maximum absolute atomic E-state index is 12.6.